The predicted molar refractivity (Wildman–Crippen MR) is 133 cm³/mol. The molecule has 1 aliphatic rings. The van der Waals surface area contributed by atoms with Gasteiger partial charge in [-0.05, 0) is 31.0 Å². The van der Waals surface area contributed by atoms with Crippen LogP contribution in [-0.2, 0) is 13.0 Å². The Kier molecular flexibility index (Phi) is 6.43. The second kappa shape index (κ2) is 9.80. The minimum atomic E-state index is -0.155. The van der Waals surface area contributed by atoms with Crippen LogP contribution in [-0.4, -0.2) is 54.3 Å². The zero-order valence-electron chi connectivity index (χ0n) is 18.7. The van der Waals surface area contributed by atoms with Crippen molar-refractivity contribution >= 4 is 35.4 Å². The Bertz CT molecular complexity index is 1410. The van der Waals surface area contributed by atoms with Crippen LogP contribution in [0.3, 0.4) is 0 Å². The highest BCUT2D eigenvalue weighted by Crippen LogP contribution is 2.38. The fourth-order valence-electron chi connectivity index (χ4n) is 3.85. The summed E-state index contributed by atoms with van der Waals surface area (Å²) < 4.78 is 10.4. The number of ether oxygens (including phenoxy) is 1. The second-order valence-electron chi connectivity index (χ2n) is 7.83. The minimum absolute atomic E-state index is 0.155. The number of hydrazone groups is 1. The summed E-state index contributed by atoms with van der Waals surface area (Å²) >= 11 is 12.3. The monoisotopic (exact) mass is 513 g/mol. The molecule has 0 radical (unpaired) electrons. The summed E-state index contributed by atoms with van der Waals surface area (Å²) in [6, 6.07) is 6.95. The lowest BCUT2D eigenvalue weighted by molar-refractivity contribution is 0.409. The van der Waals surface area contributed by atoms with Gasteiger partial charge in [0.15, 0.2) is 0 Å². The van der Waals surface area contributed by atoms with Gasteiger partial charge < -0.3 is 9.30 Å². The van der Waals surface area contributed by atoms with Gasteiger partial charge >= 0.3 is 0 Å². The maximum atomic E-state index is 13.0. The van der Waals surface area contributed by atoms with Gasteiger partial charge in [-0.3, -0.25) is 14.3 Å². The average molecular weight is 514 g/mol. The first-order valence-electron chi connectivity index (χ1n) is 10.7. The zero-order chi connectivity index (χ0) is 24.4. The van der Waals surface area contributed by atoms with Crippen molar-refractivity contribution in [2.75, 3.05) is 18.8 Å². The van der Waals surface area contributed by atoms with Gasteiger partial charge in [-0.25, -0.2) is 9.69 Å². The van der Waals surface area contributed by atoms with Crippen molar-refractivity contribution in [2.45, 2.75) is 19.4 Å². The van der Waals surface area contributed by atoms with Crippen molar-refractivity contribution < 1.29 is 4.74 Å². The summed E-state index contributed by atoms with van der Waals surface area (Å²) in [7, 11) is 1.57. The van der Waals surface area contributed by atoms with Gasteiger partial charge in [-0.1, -0.05) is 16.8 Å². The van der Waals surface area contributed by atoms with Gasteiger partial charge in [0.25, 0.3) is 5.56 Å². The Balaban J connectivity index is 1.36. The molecule has 0 saturated carbocycles. The van der Waals surface area contributed by atoms with Crippen molar-refractivity contribution in [1.82, 2.24) is 34.2 Å². The molecule has 5 rings (SSSR count). The van der Waals surface area contributed by atoms with E-state index in [0.717, 1.165) is 22.6 Å². The van der Waals surface area contributed by atoms with Crippen LogP contribution in [0.2, 0.25) is 5.02 Å². The van der Waals surface area contributed by atoms with Gasteiger partial charge in [0.1, 0.15) is 24.4 Å². The summed E-state index contributed by atoms with van der Waals surface area (Å²) in [4.78, 5) is 13.0. The first-order chi connectivity index (χ1) is 17.0. The van der Waals surface area contributed by atoms with Crippen LogP contribution in [0, 0.1) is 0 Å². The minimum Gasteiger partial charge on any atom is -0.495 e. The van der Waals surface area contributed by atoms with Crippen LogP contribution in [0.15, 0.2) is 58.9 Å². The first kappa shape index (κ1) is 22.9. The van der Waals surface area contributed by atoms with Crippen LogP contribution < -0.4 is 15.3 Å². The summed E-state index contributed by atoms with van der Waals surface area (Å²) in [6.07, 6.45) is 9.84. The zero-order valence-corrected chi connectivity index (χ0v) is 20.2. The third-order valence-corrected chi connectivity index (χ3v) is 5.97. The van der Waals surface area contributed by atoms with Crippen molar-refractivity contribution in [3.05, 3.63) is 70.1 Å². The second-order valence-corrected chi connectivity index (χ2v) is 8.71. The smallest absolute Gasteiger partial charge is 0.251 e. The molecule has 3 aromatic heterocycles. The standard InChI is InChI=1S/C22H21Cl2N9O2/c1-35-21-12-30(6-2-3-16-11-32(29-28-16)17-9-25-26-10-17)22(34)8-19(21)18-7-15(23)4-5-20(18)33-14-31(24)13-27-33/h4-5,7-13H,2-3,6,14H2,1H3,(H,25,26). The molecule has 4 aromatic rings. The van der Waals surface area contributed by atoms with Crippen LogP contribution in [0.5, 0.6) is 5.75 Å². The molecular formula is C22H21Cl2N9O2. The molecule has 1 aliphatic heterocycles. The number of aromatic amines is 1. The van der Waals surface area contributed by atoms with E-state index in [0.29, 0.717) is 42.4 Å². The Morgan fingerprint density at radius 2 is 2.09 bits per heavy atom. The Labute approximate surface area is 210 Å². The lowest BCUT2D eigenvalue weighted by Crippen LogP contribution is -2.21. The van der Waals surface area contributed by atoms with Crippen molar-refractivity contribution in [3.63, 3.8) is 0 Å². The summed E-state index contributed by atoms with van der Waals surface area (Å²) in [5.41, 5.74) is 3.57. The molecule has 0 bridgehead atoms. The van der Waals surface area contributed by atoms with E-state index in [2.05, 4.69) is 25.6 Å². The average Bonchev–Trinajstić information content (AvgIpc) is 3.62. The van der Waals surface area contributed by atoms with Crippen LogP contribution in [0.1, 0.15) is 12.1 Å². The fourth-order valence-corrected chi connectivity index (χ4v) is 4.16. The normalized spacial score (nSPS) is 13.1. The molecule has 11 nitrogen and oxygen atoms in total. The summed E-state index contributed by atoms with van der Waals surface area (Å²) in [5.74, 6) is 0.546. The number of benzene rings is 1. The number of aryl methyl sites for hydroxylation is 2. The summed E-state index contributed by atoms with van der Waals surface area (Å²) in [5, 5.41) is 21.5. The lowest BCUT2D eigenvalue weighted by Gasteiger charge is -2.20. The highest BCUT2D eigenvalue weighted by molar-refractivity contribution is 6.31. The number of halogens is 2. The molecule has 1 N–H and O–H groups in total. The van der Waals surface area contributed by atoms with Crippen LogP contribution in [0.4, 0.5) is 5.69 Å². The van der Waals surface area contributed by atoms with E-state index in [1.54, 1.807) is 58.2 Å². The van der Waals surface area contributed by atoms with E-state index in [1.165, 1.54) is 10.8 Å². The highest BCUT2D eigenvalue weighted by Gasteiger charge is 2.21. The topological polar surface area (TPSA) is 109 Å². The largest absolute Gasteiger partial charge is 0.495 e. The molecule has 0 spiro atoms. The van der Waals surface area contributed by atoms with E-state index in [4.69, 9.17) is 28.1 Å². The first-order valence-corrected chi connectivity index (χ1v) is 11.5. The van der Waals surface area contributed by atoms with Crippen molar-refractivity contribution in [3.8, 4) is 22.6 Å². The maximum Gasteiger partial charge on any atom is 0.251 e. The van der Waals surface area contributed by atoms with Crippen LogP contribution >= 0.6 is 23.4 Å². The van der Waals surface area contributed by atoms with Gasteiger partial charge in [0.2, 0.25) is 0 Å². The summed E-state index contributed by atoms with van der Waals surface area (Å²) in [6.45, 7) is 0.856. The van der Waals surface area contributed by atoms with Crippen molar-refractivity contribution in [2.24, 2.45) is 5.10 Å². The van der Waals surface area contributed by atoms with E-state index in [-0.39, 0.29) is 5.56 Å². The van der Waals surface area contributed by atoms with E-state index < -0.39 is 0 Å². The number of anilines is 1. The van der Waals surface area contributed by atoms with Gasteiger partial charge in [-0.15, -0.1) is 5.10 Å². The maximum absolute atomic E-state index is 13.0. The number of aromatic nitrogens is 6. The molecule has 1 aromatic carbocycles. The third-order valence-electron chi connectivity index (χ3n) is 5.54. The molecule has 35 heavy (non-hydrogen) atoms. The van der Waals surface area contributed by atoms with Gasteiger partial charge in [-0.2, -0.15) is 10.2 Å². The number of hydrogen-bond donors (Lipinski definition) is 1. The van der Waals surface area contributed by atoms with E-state index >= 15 is 0 Å². The van der Waals surface area contributed by atoms with E-state index in [9.17, 15) is 4.79 Å². The number of rotatable bonds is 8. The highest BCUT2D eigenvalue weighted by atomic mass is 35.5. The fraction of sp³-hybridized carbons (Fsp3) is 0.227. The number of nitrogens with one attached hydrogen (secondary N) is 1. The lowest BCUT2D eigenvalue weighted by atomic mass is 10.0. The molecule has 0 aliphatic carbocycles. The molecule has 180 valence electrons. The van der Waals surface area contributed by atoms with Gasteiger partial charge in [0, 0.05) is 52.9 Å². The number of pyridine rings is 1. The Hall–Kier alpha value is -3.83. The quantitative estimate of drug-likeness (QED) is 0.360. The molecular weight excluding hydrogens is 493 g/mol. The number of hydrogen-bond acceptors (Lipinski definition) is 8. The van der Waals surface area contributed by atoms with Crippen LogP contribution in [0.25, 0.3) is 16.8 Å². The molecule has 0 amide bonds. The molecule has 0 saturated heterocycles. The number of methoxy groups -OCH3 is 1. The molecule has 0 atom stereocenters. The molecule has 0 fully saturated rings. The SMILES string of the molecule is COc1cn(CCCc2cn(-c3cn[nH]c3)nn2)c(=O)cc1-c1cc(Cl)ccc1N1CN(Cl)C=N1. The van der Waals surface area contributed by atoms with Crippen molar-refractivity contribution in [1.29, 1.82) is 0 Å². The molecule has 13 heteroatoms. The van der Waals surface area contributed by atoms with E-state index in [1.807, 2.05) is 12.3 Å². The molecule has 0 unspecified atom stereocenters. The number of H-pyrrole nitrogens is 1. The van der Waals surface area contributed by atoms with Gasteiger partial charge in [0.05, 0.1) is 30.9 Å². The third kappa shape index (κ3) is 4.86. The predicted octanol–water partition coefficient (Wildman–Crippen LogP) is 3.29. The molecule has 4 heterocycles. The number of nitrogens with zero attached hydrogens (tertiary/aromatic N) is 8. The Morgan fingerprint density at radius 1 is 1.20 bits per heavy atom. The Morgan fingerprint density at radius 3 is 2.83 bits per heavy atom.